The summed E-state index contributed by atoms with van der Waals surface area (Å²) in [6.07, 6.45) is 6.42. The fourth-order valence-electron chi connectivity index (χ4n) is 4.96. The second-order valence-corrected chi connectivity index (χ2v) is 10.5. The van der Waals surface area contributed by atoms with Gasteiger partial charge < -0.3 is 15.4 Å². The molecule has 3 N–H and O–H groups in total. The van der Waals surface area contributed by atoms with Gasteiger partial charge in [0, 0.05) is 11.6 Å². The van der Waals surface area contributed by atoms with Crippen LogP contribution in [0.1, 0.15) is 58.4 Å². The van der Waals surface area contributed by atoms with Crippen LogP contribution in [0.15, 0.2) is 90.0 Å². The standard InChI is InChI=1S/C33H29ClN4O5/c34-27-16-8-6-14-24(27)33(42)43-29-19-18-21-10-4-5-13-23(21)26(29)20-35-38-32(41)31(40)37-28-17-9-7-15-25(28)30(39)36-22-11-2-1-3-12-22/h4-10,13-20,22H,1-3,11-12H2,(H,36,39)(H,37,40)(H,38,41)/b35-20-. The number of ether oxygens (including phenoxy) is 1. The monoisotopic (exact) mass is 596 g/mol. The molecule has 1 aliphatic carbocycles. The number of esters is 1. The highest BCUT2D eigenvalue weighted by atomic mass is 35.5. The van der Waals surface area contributed by atoms with Gasteiger partial charge in [0.2, 0.25) is 0 Å². The van der Waals surface area contributed by atoms with Crippen LogP contribution in [0.2, 0.25) is 5.02 Å². The summed E-state index contributed by atoms with van der Waals surface area (Å²) in [7, 11) is 0. The van der Waals surface area contributed by atoms with Crippen molar-refractivity contribution < 1.29 is 23.9 Å². The van der Waals surface area contributed by atoms with Crippen LogP contribution in [-0.4, -0.2) is 35.9 Å². The average Bonchev–Trinajstić information content (AvgIpc) is 3.02. The van der Waals surface area contributed by atoms with Crippen LogP contribution in [0.3, 0.4) is 0 Å². The first kappa shape index (κ1) is 29.5. The Morgan fingerprint density at radius 1 is 0.791 bits per heavy atom. The molecule has 0 bridgehead atoms. The van der Waals surface area contributed by atoms with E-state index in [0.717, 1.165) is 37.5 Å². The Kier molecular flexibility index (Phi) is 9.43. The molecule has 43 heavy (non-hydrogen) atoms. The molecule has 5 rings (SSSR count). The highest BCUT2D eigenvalue weighted by Gasteiger charge is 2.21. The lowest BCUT2D eigenvalue weighted by Crippen LogP contribution is -2.37. The number of hydrogen-bond acceptors (Lipinski definition) is 6. The van der Waals surface area contributed by atoms with Crippen LogP contribution in [-0.2, 0) is 9.59 Å². The van der Waals surface area contributed by atoms with E-state index in [-0.39, 0.29) is 39.5 Å². The molecule has 1 saturated carbocycles. The first-order valence-corrected chi connectivity index (χ1v) is 14.3. The number of benzene rings is 4. The molecule has 4 aromatic rings. The number of nitrogens with one attached hydrogen (secondary N) is 3. The lowest BCUT2D eigenvalue weighted by molar-refractivity contribution is -0.136. The van der Waals surface area contributed by atoms with Crippen molar-refractivity contribution in [1.29, 1.82) is 0 Å². The lowest BCUT2D eigenvalue weighted by atomic mass is 9.95. The van der Waals surface area contributed by atoms with Crippen LogP contribution >= 0.6 is 11.6 Å². The van der Waals surface area contributed by atoms with E-state index in [4.69, 9.17) is 16.3 Å². The Labute approximate surface area is 253 Å². The third-order valence-electron chi connectivity index (χ3n) is 7.15. The maximum absolute atomic E-state index is 12.9. The van der Waals surface area contributed by atoms with E-state index in [0.29, 0.717) is 10.9 Å². The molecule has 0 radical (unpaired) electrons. The number of nitrogens with zero attached hydrogens (tertiary/aromatic N) is 1. The minimum atomic E-state index is -1.05. The zero-order valence-corrected chi connectivity index (χ0v) is 23.9. The summed E-state index contributed by atoms with van der Waals surface area (Å²) in [6, 6.07) is 23.9. The van der Waals surface area contributed by atoms with E-state index in [1.165, 1.54) is 6.21 Å². The number of carbonyl (C=O) groups excluding carboxylic acids is 4. The molecular formula is C33H29ClN4O5. The number of hydrazone groups is 1. The molecule has 1 aliphatic rings. The Bertz CT molecular complexity index is 1710. The first-order valence-electron chi connectivity index (χ1n) is 13.9. The van der Waals surface area contributed by atoms with Crippen molar-refractivity contribution in [3.05, 3.63) is 107 Å². The minimum Gasteiger partial charge on any atom is -0.422 e. The van der Waals surface area contributed by atoms with Crippen molar-refractivity contribution in [2.75, 3.05) is 5.32 Å². The predicted octanol–water partition coefficient (Wildman–Crippen LogP) is 5.86. The van der Waals surface area contributed by atoms with E-state index in [1.54, 1.807) is 60.7 Å². The van der Waals surface area contributed by atoms with Crippen LogP contribution < -0.4 is 20.8 Å². The van der Waals surface area contributed by atoms with Gasteiger partial charge in [0.25, 0.3) is 5.91 Å². The number of carbonyl (C=O) groups is 4. The second kappa shape index (κ2) is 13.8. The number of para-hydroxylation sites is 1. The zero-order chi connectivity index (χ0) is 30.2. The molecule has 218 valence electrons. The van der Waals surface area contributed by atoms with Crippen molar-refractivity contribution in [2.45, 2.75) is 38.1 Å². The molecule has 3 amide bonds. The summed E-state index contributed by atoms with van der Waals surface area (Å²) in [4.78, 5) is 51.1. The Morgan fingerprint density at radius 3 is 2.28 bits per heavy atom. The van der Waals surface area contributed by atoms with Crippen LogP contribution in [0, 0.1) is 0 Å². The van der Waals surface area contributed by atoms with Gasteiger partial charge in [-0.05, 0) is 53.9 Å². The zero-order valence-electron chi connectivity index (χ0n) is 23.1. The van der Waals surface area contributed by atoms with Gasteiger partial charge in [-0.1, -0.05) is 85.5 Å². The number of rotatable bonds is 7. The van der Waals surface area contributed by atoms with E-state index < -0.39 is 17.8 Å². The maximum atomic E-state index is 12.9. The summed E-state index contributed by atoms with van der Waals surface area (Å²) < 4.78 is 5.65. The van der Waals surface area contributed by atoms with Gasteiger partial charge in [0.05, 0.1) is 28.1 Å². The van der Waals surface area contributed by atoms with E-state index >= 15 is 0 Å². The number of fused-ring (bicyclic) bond motifs is 1. The highest BCUT2D eigenvalue weighted by Crippen LogP contribution is 2.28. The summed E-state index contributed by atoms with van der Waals surface area (Å²) in [5, 5.41) is 11.3. The largest absolute Gasteiger partial charge is 0.422 e. The van der Waals surface area contributed by atoms with Gasteiger partial charge in [-0.15, -0.1) is 0 Å². The number of halogens is 1. The molecule has 0 heterocycles. The quantitative estimate of drug-likeness (QED) is 0.0809. The Balaban J connectivity index is 1.29. The van der Waals surface area contributed by atoms with Gasteiger partial charge in [0.15, 0.2) is 0 Å². The summed E-state index contributed by atoms with van der Waals surface area (Å²) in [5.41, 5.74) is 3.28. The van der Waals surface area contributed by atoms with Crippen molar-refractivity contribution in [3.8, 4) is 5.75 Å². The van der Waals surface area contributed by atoms with Crippen molar-refractivity contribution >= 4 is 58.0 Å². The van der Waals surface area contributed by atoms with Crippen LogP contribution in [0.4, 0.5) is 5.69 Å². The van der Waals surface area contributed by atoms with E-state index in [2.05, 4.69) is 21.2 Å². The molecule has 0 saturated heterocycles. The summed E-state index contributed by atoms with van der Waals surface area (Å²) in [6.45, 7) is 0. The molecule has 0 unspecified atom stereocenters. The van der Waals surface area contributed by atoms with Crippen LogP contribution in [0.5, 0.6) is 5.75 Å². The Morgan fingerprint density at radius 2 is 1.49 bits per heavy atom. The molecule has 0 aliphatic heterocycles. The SMILES string of the molecule is O=C(N/N=C\c1c(OC(=O)c2ccccc2Cl)ccc2ccccc12)C(=O)Nc1ccccc1C(=O)NC1CCCCC1. The molecule has 10 heteroatoms. The maximum Gasteiger partial charge on any atom is 0.345 e. The fourth-order valence-corrected chi connectivity index (χ4v) is 5.18. The van der Waals surface area contributed by atoms with Crippen molar-refractivity contribution in [1.82, 2.24) is 10.7 Å². The summed E-state index contributed by atoms with van der Waals surface area (Å²) in [5.74, 6) is -2.84. The molecule has 4 aromatic carbocycles. The Hall–Kier alpha value is -5.02. The summed E-state index contributed by atoms with van der Waals surface area (Å²) >= 11 is 6.16. The number of amides is 3. The minimum absolute atomic E-state index is 0.0885. The predicted molar refractivity (Wildman–Crippen MR) is 166 cm³/mol. The van der Waals surface area contributed by atoms with Gasteiger partial charge in [-0.2, -0.15) is 5.10 Å². The lowest BCUT2D eigenvalue weighted by Gasteiger charge is -2.23. The van der Waals surface area contributed by atoms with Gasteiger partial charge in [0.1, 0.15) is 5.75 Å². The van der Waals surface area contributed by atoms with E-state index in [1.807, 2.05) is 24.3 Å². The molecule has 9 nitrogen and oxygen atoms in total. The first-order chi connectivity index (χ1) is 20.9. The highest BCUT2D eigenvalue weighted by molar-refractivity contribution is 6.40. The molecule has 0 atom stereocenters. The van der Waals surface area contributed by atoms with Gasteiger partial charge in [-0.25, -0.2) is 10.2 Å². The second-order valence-electron chi connectivity index (χ2n) is 10.1. The average molecular weight is 597 g/mol. The molecule has 0 spiro atoms. The molecular weight excluding hydrogens is 568 g/mol. The number of hydrogen-bond donors (Lipinski definition) is 3. The molecule has 0 aromatic heterocycles. The van der Waals surface area contributed by atoms with Gasteiger partial charge in [-0.3, -0.25) is 14.4 Å². The van der Waals surface area contributed by atoms with Crippen molar-refractivity contribution in [2.24, 2.45) is 5.10 Å². The van der Waals surface area contributed by atoms with Gasteiger partial charge >= 0.3 is 17.8 Å². The topological polar surface area (TPSA) is 126 Å². The normalized spacial score (nSPS) is 13.4. The van der Waals surface area contributed by atoms with Crippen LogP contribution in [0.25, 0.3) is 10.8 Å². The smallest absolute Gasteiger partial charge is 0.345 e. The molecule has 1 fully saturated rings. The fraction of sp³-hybridized carbons (Fsp3) is 0.182. The third kappa shape index (κ3) is 7.25. The third-order valence-corrected chi connectivity index (χ3v) is 7.48. The van der Waals surface area contributed by atoms with Crippen molar-refractivity contribution in [3.63, 3.8) is 0 Å². The van der Waals surface area contributed by atoms with E-state index in [9.17, 15) is 19.2 Å². The number of anilines is 1.